The molecule has 1 aromatic carbocycles. The fourth-order valence-electron chi connectivity index (χ4n) is 1.08. The number of ether oxygens (including phenoxy) is 1. The van der Waals surface area contributed by atoms with E-state index in [1.807, 2.05) is 5.32 Å². The third-order valence-electron chi connectivity index (χ3n) is 1.71. The topological polar surface area (TPSA) is 103 Å². The summed E-state index contributed by atoms with van der Waals surface area (Å²) in [7, 11) is 0. The van der Waals surface area contributed by atoms with E-state index in [4.69, 9.17) is 20.4 Å². The van der Waals surface area contributed by atoms with Crippen LogP contribution in [-0.4, -0.2) is 35.4 Å². The zero-order valence-electron chi connectivity index (χ0n) is 8.43. The van der Waals surface area contributed by atoms with Gasteiger partial charge in [-0.25, -0.2) is 4.79 Å². The maximum absolute atomic E-state index is 10.3. The number of benzene rings is 1. The molecule has 1 aromatic rings. The van der Waals surface area contributed by atoms with E-state index in [0.717, 1.165) is 0 Å². The van der Waals surface area contributed by atoms with Crippen LogP contribution in [0.3, 0.4) is 0 Å². The van der Waals surface area contributed by atoms with Crippen molar-refractivity contribution in [3.8, 4) is 5.75 Å². The molecular formula is C10H12N2O4. The van der Waals surface area contributed by atoms with E-state index in [0.29, 0.717) is 11.3 Å². The number of amidine groups is 1. The molecule has 0 aromatic heterocycles. The molecule has 1 rings (SSSR count). The smallest absolute Gasteiger partial charge is 0.410 e. The van der Waals surface area contributed by atoms with E-state index in [9.17, 15) is 4.79 Å². The van der Waals surface area contributed by atoms with Crippen molar-refractivity contribution in [3.05, 3.63) is 29.8 Å². The molecule has 6 heteroatoms. The van der Waals surface area contributed by atoms with Crippen LogP contribution in [0.1, 0.15) is 5.56 Å². The van der Waals surface area contributed by atoms with Gasteiger partial charge in [-0.05, 0) is 12.1 Å². The summed E-state index contributed by atoms with van der Waals surface area (Å²) in [5.41, 5.74) is 0.401. The maximum Gasteiger partial charge on any atom is 0.410 e. The largest absolute Gasteiger partial charge is 0.491 e. The highest BCUT2D eigenvalue weighted by Crippen LogP contribution is 2.12. The number of carbonyl (C=O) groups is 1. The van der Waals surface area contributed by atoms with Crippen molar-refractivity contribution in [2.24, 2.45) is 0 Å². The summed E-state index contributed by atoms with van der Waals surface area (Å²) < 4.78 is 5.13. The van der Waals surface area contributed by atoms with Gasteiger partial charge in [0, 0.05) is 5.56 Å². The van der Waals surface area contributed by atoms with Crippen LogP contribution >= 0.6 is 0 Å². The second kappa shape index (κ2) is 5.72. The Balaban J connectivity index is 2.73. The zero-order valence-corrected chi connectivity index (χ0v) is 8.43. The number of nitrogens with one attached hydrogen (secondary N) is 2. The van der Waals surface area contributed by atoms with Crippen molar-refractivity contribution in [2.45, 2.75) is 0 Å². The lowest BCUT2D eigenvalue weighted by atomic mass is 10.2. The van der Waals surface area contributed by atoms with E-state index >= 15 is 0 Å². The number of aliphatic hydroxyl groups excluding tert-OH is 1. The molecule has 0 heterocycles. The maximum atomic E-state index is 10.3. The van der Waals surface area contributed by atoms with Gasteiger partial charge >= 0.3 is 6.09 Å². The van der Waals surface area contributed by atoms with Gasteiger partial charge in [0.1, 0.15) is 18.2 Å². The molecule has 1 amide bonds. The molecule has 86 valence electrons. The second-order valence-electron chi connectivity index (χ2n) is 2.91. The predicted octanol–water partition coefficient (Wildman–Crippen LogP) is 0.651. The molecule has 0 saturated heterocycles. The minimum absolute atomic E-state index is 0.102. The molecule has 6 nitrogen and oxygen atoms in total. The first-order valence-corrected chi connectivity index (χ1v) is 4.56. The standard InChI is InChI=1S/C10H12N2O4/c11-9(12-10(14)15)7-2-1-3-8(6-7)16-5-4-13/h1-3,6,13H,4-5H2,(H2,11,12)(H,14,15). The Kier molecular flexibility index (Phi) is 4.28. The highest BCUT2D eigenvalue weighted by atomic mass is 16.5. The first-order valence-electron chi connectivity index (χ1n) is 4.56. The highest BCUT2D eigenvalue weighted by molar-refractivity contribution is 6.04. The summed E-state index contributed by atoms with van der Waals surface area (Å²) >= 11 is 0. The summed E-state index contributed by atoms with van der Waals surface area (Å²) in [5, 5.41) is 26.4. The van der Waals surface area contributed by atoms with E-state index in [2.05, 4.69) is 0 Å². The molecule has 0 atom stereocenters. The fourth-order valence-corrected chi connectivity index (χ4v) is 1.08. The number of amides is 1. The van der Waals surface area contributed by atoms with Gasteiger partial charge < -0.3 is 14.9 Å². The normalized spacial score (nSPS) is 9.56. The summed E-state index contributed by atoms with van der Waals surface area (Å²) in [5.74, 6) is 0.255. The van der Waals surface area contributed by atoms with Crippen LogP contribution in [-0.2, 0) is 0 Å². The molecule has 16 heavy (non-hydrogen) atoms. The molecule has 0 aliphatic heterocycles. The molecular weight excluding hydrogens is 212 g/mol. The van der Waals surface area contributed by atoms with E-state index in [-0.39, 0.29) is 19.0 Å². The lowest BCUT2D eigenvalue weighted by Crippen LogP contribution is -2.28. The van der Waals surface area contributed by atoms with Crippen LogP contribution < -0.4 is 10.1 Å². The predicted molar refractivity (Wildman–Crippen MR) is 57.0 cm³/mol. The molecule has 4 N–H and O–H groups in total. The molecule has 0 spiro atoms. The van der Waals surface area contributed by atoms with Gasteiger partial charge in [0.05, 0.1) is 6.61 Å². The van der Waals surface area contributed by atoms with Gasteiger partial charge in [0.25, 0.3) is 0 Å². The van der Waals surface area contributed by atoms with Crippen LogP contribution in [0.15, 0.2) is 24.3 Å². The minimum atomic E-state index is -1.29. The van der Waals surface area contributed by atoms with Gasteiger partial charge in [-0.3, -0.25) is 10.7 Å². The first-order chi connectivity index (χ1) is 7.63. The Morgan fingerprint density at radius 3 is 2.88 bits per heavy atom. The highest BCUT2D eigenvalue weighted by Gasteiger charge is 2.05. The van der Waals surface area contributed by atoms with Crippen molar-refractivity contribution in [2.75, 3.05) is 13.2 Å². The third-order valence-corrected chi connectivity index (χ3v) is 1.71. The van der Waals surface area contributed by atoms with E-state index < -0.39 is 6.09 Å². The molecule has 0 saturated carbocycles. The number of carboxylic acid groups (broad SMARTS) is 1. The van der Waals surface area contributed by atoms with E-state index in [1.54, 1.807) is 18.2 Å². The Bertz CT molecular complexity index is 392. The average Bonchev–Trinajstić information content (AvgIpc) is 2.26. The number of hydrogen-bond acceptors (Lipinski definition) is 4. The number of hydrogen-bond donors (Lipinski definition) is 4. The number of aliphatic hydroxyl groups is 1. The Morgan fingerprint density at radius 1 is 1.50 bits per heavy atom. The quantitative estimate of drug-likeness (QED) is 0.445. The average molecular weight is 224 g/mol. The van der Waals surface area contributed by atoms with Gasteiger partial charge in [-0.1, -0.05) is 12.1 Å². The Hall–Kier alpha value is -2.08. The minimum Gasteiger partial charge on any atom is -0.491 e. The molecule has 0 bridgehead atoms. The lowest BCUT2D eigenvalue weighted by molar-refractivity contribution is 0.200. The Labute approximate surface area is 92.0 Å². The first kappa shape index (κ1) is 12.0. The molecule has 0 fully saturated rings. The van der Waals surface area contributed by atoms with Crippen molar-refractivity contribution in [1.82, 2.24) is 5.32 Å². The number of rotatable bonds is 4. The van der Waals surface area contributed by atoms with E-state index in [1.165, 1.54) is 6.07 Å². The van der Waals surface area contributed by atoms with Gasteiger partial charge in [-0.15, -0.1) is 0 Å². The monoisotopic (exact) mass is 224 g/mol. The molecule has 0 unspecified atom stereocenters. The van der Waals surface area contributed by atoms with Crippen molar-refractivity contribution >= 4 is 11.9 Å². The van der Waals surface area contributed by atoms with Crippen molar-refractivity contribution < 1.29 is 19.7 Å². The summed E-state index contributed by atoms with van der Waals surface area (Å²) in [6, 6.07) is 6.41. The molecule has 0 aliphatic rings. The van der Waals surface area contributed by atoms with Crippen LogP contribution in [0.25, 0.3) is 0 Å². The van der Waals surface area contributed by atoms with Crippen LogP contribution in [0.5, 0.6) is 5.75 Å². The summed E-state index contributed by atoms with van der Waals surface area (Å²) in [6.45, 7) is 0.0538. The lowest BCUT2D eigenvalue weighted by Gasteiger charge is -2.07. The fraction of sp³-hybridized carbons (Fsp3) is 0.200. The Morgan fingerprint density at radius 2 is 2.25 bits per heavy atom. The van der Waals surface area contributed by atoms with Crippen LogP contribution in [0, 0.1) is 5.41 Å². The van der Waals surface area contributed by atoms with Crippen LogP contribution in [0.4, 0.5) is 4.79 Å². The van der Waals surface area contributed by atoms with Crippen molar-refractivity contribution in [3.63, 3.8) is 0 Å². The van der Waals surface area contributed by atoms with Crippen LogP contribution in [0.2, 0.25) is 0 Å². The second-order valence-corrected chi connectivity index (χ2v) is 2.91. The van der Waals surface area contributed by atoms with Crippen molar-refractivity contribution in [1.29, 1.82) is 5.41 Å². The molecule has 0 aliphatic carbocycles. The van der Waals surface area contributed by atoms with Gasteiger partial charge in [-0.2, -0.15) is 0 Å². The van der Waals surface area contributed by atoms with Gasteiger partial charge in [0.15, 0.2) is 0 Å². The molecule has 0 radical (unpaired) electrons. The zero-order chi connectivity index (χ0) is 12.0. The van der Waals surface area contributed by atoms with Gasteiger partial charge in [0.2, 0.25) is 0 Å². The summed E-state index contributed by atoms with van der Waals surface area (Å²) in [4.78, 5) is 10.3. The third kappa shape index (κ3) is 3.58. The SMILES string of the molecule is N=C(NC(=O)O)c1cccc(OCCO)c1. The summed E-state index contributed by atoms with van der Waals surface area (Å²) in [6.07, 6.45) is -1.29.